The molecule has 0 spiro atoms. The third kappa shape index (κ3) is 2.36. The standard InChI is InChI=1S/C10H16N4O/c1-7-9(6-12-14-7)10(15)13-8-3-2-4-11-5-8/h6,8,11H,2-5H2,1H3,(H,12,14)(H,13,15)/t8-/m1/s1. The molecule has 2 heterocycles. The molecule has 3 N–H and O–H groups in total. The topological polar surface area (TPSA) is 69.8 Å². The molecule has 15 heavy (non-hydrogen) atoms. The Bertz CT molecular complexity index is 341. The minimum atomic E-state index is -0.0325. The molecule has 82 valence electrons. The number of hydrogen-bond acceptors (Lipinski definition) is 3. The maximum atomic E-state index is 11.8. The minimum absolute atomic E-state index is 0.0325. The lowest BCUT2D eigenvalue weighted by Crippen LogP contribution is -2.45. The fraction of sp³-hybridized carbons (Fsp3) is 0.600. The Labute approximate surface area is 88.6 Å². The summed E-state index contributed by atoms with van der Waals surface area (Å²) in [4.78, 5) is 11.8. The van der Waals surface area contributed by atoms with Gasteiger partial charge in [-0.15, -0.1) is 0 Å². The number of carbonyl (C=O) groups excluding carboxylic acids is 1. The molecule has 1 aromatic heterocycles. The van der Waals surface area contributed by atoms with Crippen LogP contribution in [0.25, 0.3) is 0 Å². The largest absolute Gasteiger partial charge is 0.348 e. The van der Waals surface area contributed by atoms with E-state index in [0.717, 1.165) is 31.6 Å². The van der Waals surface area contributed by atoms with Crippen LogP contribution in [0.4, 0.5) is 0 Å². The number of H-pyrrole nitrogens is 1. The number of amides is 1. The molecule has 0 radical (unpaired) electrons. The highest BCUT2D eigenvalue weighted by Gasteiger charge is 2.17. The molecule has 0 aliphatic carbocycles. The molecule has 1 aromatic rings. The molecule has 1 aliphatic rings. The second kappa shape index (κ2) is 4.44. The maximum absolute atomic E-state index is 11.8. The smallest absolute Gasteiger partial charge is 0.254 e. The lowest BCUT2D eigenvalue weighted by atomic mass is 10.1. The van der Waals surface area contributed by atoms with E-state index in [1.807, 2.05) is 6.92 Å². The number of aryl methyl sites for hydroxylation is 1. The van der Waals surface area contributed by atoms with E-state index in [0.29, 0.717) is 5.56 Å². The van der Waals surface area contributed by atoms with Crippen molar-refractivity contribution in [2.24, 2.45) is 0 Å². The van der Waals surface area contributed by atoms with Crippen molar-refractivity contribution in [2.75, 3.05) is 13.1 Å². The number of nitrogens with one attached hydrogen (secondary N) is 3. The number of piperidine rings is 1. The average molecular weight is 208 g/mol. The predicted octanol–water partition coefficient (Wildman–Crippen LogP) is 0.200. The molecule has 0 saturated carbocycles. The quantitative estimate of drug-likeness (QED) is 0.650. The van der Waals surface area contributed by atoms with E-state index in [1.165, 1.54) is 0 Å². The lowest BCUT2D eigenvalue weighted by molar-refractivity contribution is 0.0930. The summed E-state index contributed by atoms with van der Waals surface area (Å²) >= 11 is 0. The van der Waals surface area contributed by atoms with Gasteiger partial charge in [0.2, 0.25) is 0 Å². The molecule has 1 atom stereocenters. The second-order valence-electron chi connectivity index (χ2n) is 3.93. The van der Waals surface area contributed by atoms with Gasteiger partial charge in [0.25, 0.3) is 5.91 Å². The Balaban J connectivity index is 1.94. The zero-order valence-corrected chi connectivity index (χ0v) is 8.84. The highest BCUT2D eigenvalue weighted by Crippen LogP contribution is 2.06. The van der Waals surface area contributed by atoms with E-state index in [-0.39, 0.29) is 11.9 Å². The SMILES string of the molecule is Cc1[nH]ncc1C(=O)N[C@@H]1CCCNC1. The van der Waals surface area contributed by atoms with Gasteiger partial charge in [0.15, 0.2) is 0 Å². The van der Waals surface area contributed by atoms with E-state index in [4.69, 9.17) is 0 Å². The van der Waals surface area contributed by atoms with Gasteiger partial charge in [0.05, 0.1) is 11.8 Å². The second-order valence-corrected chi connectivity index (χ2v) is 3.93. The van der Waals surface area contributed by atoms with Crippen LogP contribution in [-0.2, 0) is 0 Å². The Kier molecular flexibility index (Phi) is 3.01. The number of nitrogens with zero attached hydrogens (tertiary/aromatic N) is 1. The van der Waals surface area contributed by atoms with Crippen molar-refractivity contribution in [1.82, 2.24) is 20.8 Å². The van der Waals surface area contributed by atoms with E-state index < -0.39 is 0 Å². The first-order valence-corrected chi connectivity index (χ1v) is 5.29. The molecule has 1 saturated heterocycles. The Morgan fingerprint density at radius 3 is 3.13 bits per heavy atom. The first-order valence-electron chi connectivity index (χ1n) is 5.29. The number of hydrogen-bond donors (Lipinski definition) is 3. The first-order chi connectivity index (χ1) is 7.27. The van der Waals surface area contributed by atoms with Gasteiger partial charge >= 0.3 is 0 Å². The number of aromatic nitrogens is 2. The first kappa shape index (κ1) is 10.2. The molecule has 1 aliphatic heterocycles. The molecule has 2 rings (SSSR count). The van der Waals surface area contributed by atoms with E-state index in [1.54, 1.807) is 6.20 Å². The molecular formula is C10H16N4O. The van der Waals surface area contributed by atoms with Gasteiger partial charge in [0, 0.05) is 18.3 Å². The molecule has 0 bridgehead atoms. The van der Waals surface area contributed by atoms with Crippen molar-refractivity contribution >= 4 is 5.91 Å². The third-order valence-corrected chi connectivity index (χ3v) is 2.71. The zero-order chi connectivity index (χ0) is 10.7. The summed E-state index contributed by atoms with van der Waals surface area (Å²) in [6, 6.07) is 0.251. The van der Waals surface area contributed by atoms with Crippen molar-refractivity contribution in [1.29, 1.82) is 0 Å². The van der Waals surface area contributed by atoms with E-state index in [9.17, 15) is 4.79 Å². The van der Waals surface area contributed by atoms with Crippen LogP contribution in [0.15, 0.2) is 6.20 Å². The summed E-state index contributed by atoms with van der Waals surface area (Å²) in [5.41, 5.74) is 1.46. The lowest BCUT2D eigenvalue weighted by Gasteiger charge is -2.23. The summed E-state index contributed by atoms with van der Waals surface area (Å²) in [5, 5.41) is 12.9. The van der Waals surface area contributed by atoms with Crippen LogP contribution >= 0.6 is 0 Å². The molecule has 1 fully saturated rings. The van der Waals surface area contributed by atoms with E-state index >= 15 is 0 Å². The molecule has 0 unspecified atom stereocenters. The van der Waals surface area contributed by atoms with Gasteiger partial charge in [-0.1, -0.05) is 0 Å². The maximum Gasteiger partial charge on any atom is 0.254 e. The van der Waals surface area contributed by atoms with Crippen molar-refractivity contribution in [3.05, 3.63) is 17.5 Å². The Morgan fingerprint density at radius 2 is 2.53 bits per heavy atom. The van der Waals surface area contributed by atoms with Crippen molar-refractivity contribution in [2.45, 2.75) is 25.8 Å². The fourth-order valence-corrected chi connectivity index (χ4v) is 1.82. The van der Waals surface area contributed by atoms with Crippen LogP contribution in [0.3, 0.4) is 0 Å². The van der Waals surface area contributed by atoms with E-state index in [2.05, 4.69) is 20.8 Å². The zero-order valence-electron chi connectivity index (χ0n) is 8.84. The highest BCUT2D eigenvalue weighted by atomic mass is 16.1. The molecule has 5 nitrogen and oxygen atoms in total. The third-order valence-electron chi connectivity index (χ3n) is 2.71. The van der Waals surface area contributed by atoms with Crippen LogP contribution in [0.5, 0.6) is 0 Å². The molecule has 5 heteroatoms. The Morgan fingerprint density at radius 1 is 1.67 bits per heavy atom. The van der Waals surface area contributed by atoms with Crippen molar-refractivity contribution in [3.63, 3.8) is 0 Å². The molecular weight excluding hydrogens is 192 g/mol. The van der Waals surface area contributed by atoms with Crippen LogP contribution in [0.2, 0.25) is 0 Å². The summed E-state index contributed by atoms with van der Waals surface area (Å²) in [5.74, 6) is -0.0325. The minimum Gasteiger partial charge on any atom is -0.348 e. The number of rotatable bonds is 2. The monoisotopic (exact) mass is 208 g/mol. The highest BCUT2D eigenvalue weighted by molar-refractivity contribution is 5.95. The average Bonchev–Trinajstić information content (AvgIpc) is 2.66. The molecule has 1 amide bonds. The predicted molar refractivity (Wildman–Crippen MR) is 56.7 cm³/mol. The van der Waals surface area contributed by atoms with Gasteiger partial charge < -0.3 is 10.6 Å². The number of carbonyl (C=O) groups is 1. The van der Waals surface area contributed by atoms with Crippen molar-refractivity contribution < 1.29 is 4.79 Å². The fourth-order valence-electron chi connectivity index (χ4n) is 1.82. The summed E-state index contributed by atoms with van der Waals surface area (Å²) < 4.78 is 0. The Hall–Kier alpha value is -1.36. The van der Waals surface area contributed by atoms with Crippen LogP contribution < -0.4 is 10.6 Å². The number of aromatic amines is 1. The molecule has 0 aromatic carbocycles. The van der Waals surface area contributed by atoms with Gasteiger partial charge in [-0.05, 0) is 26.3 Å². The van der Waals surface area contributed by atoms with Crippen LogP contribution in [0.1, 0.15) is 28.9 Å². The normalized spacial score (nSPS) is 21.3. The van der Waals surface area contributed by atoms with Crippen LogP contribution in [-0.4, -0.2) is 35.2 Å². The summed E-state index contributed by atoms with van der Waals surface area (Å²) in [7, 11) is 0. The summed E-state index contributed by atoms with van der Waals surface area (Å²) in [6.07, 6.45) is 3.74. The van der Waals surface area contributed by atoms with Gasteiger partial charge in [-0.3, -0.25) is 9.89 Å². The van der Waals surface area contributed by atoms with Gasteiger partial charge in [-0.25, -0.2) is 0 Å². The van der Waals surface area contributed by atoms with Crippen LogP contribution in [0, 0.1) is 6.92 Å². The summed E-state index contributed by atoms with van der Waals surface area (Å²) in [6.45, 7) is 3.76. The van der Waals surface area contributed by atoms with Gasteiger partial charge in [0.1, 0.15) is 0 Å². The van der Waals surface area contributed by atoms with Crippen molar-refractivity contribution in [3.8, 4) is 0 Å². The van der Waals surface area contributed by atoms with Gasteiger partial charge in [-0.2, -0.15) is 5.10 Å².